The van der Waals surface area contributed by atoms with E-state index in [1.54, 1.807) is 0 Å². The van der Waals surface area contributed by atoms with Crippen molar-refractivity contribution in [3.05, 3.63) is 181 Å². The molecule has 0 unspecified atom stereocenters. The first-order chi connectivity index (χ1) is 32.5. The normalized spacial score (nSPS) is 13.2. The Labute approximate surface area is 386 Å². The summed E-state index contributed by atoms with van der Waals surface area (Å²) in [6, 6.07) is 61.6. The van der Waals surface area contributed by atoms with Gasteiger partial charge in [-0.3, -0.25) is 4.40 Å². The van der Waals surface area contributed by atoms with Crippen LogP contribution in [0.1, 0.15) is 52.7 Å². The van der Waals surface area contributed by atoms with Crippen molar-refractivity contribution in [2.45, 2.75) is 52.4 Å². The fourth-order valence-corrected chi connectivity index (χ4v) is 12.2. The minimum absolute atomic E-state index is 0.0824. The molecule has 0 amide bonds. The van der Waals surface area contributed by atoms with Crippen molar-refractivity contribution in [1.29, 1.82) is 0 Å². The van der Waals surface area contributed by atoms with E-state index in [9.17, 15) is 0 Å². The van der Waals surface area contributed by atoms with Gasteiger partial charge in [-0.05, 0) is 116 Å². The Hall–Kier alpha value is -7.95. The third-order valence-corrected chi connectivity index (χ3v) is 15.4. The summed E-state index contributed by atoms with van der Waals surface area (Å²) in [7, 11) is 0. The van der Waals surface area contributed by atoms with E-state index in [1.165, 1.54) is 136 Å². The molecule has 6 aromatic heterocycles. The lowest BCUT2D eigenvalue weighted by Gasteiger charge is -2.22. The molecule has 67 heavy (non-hydrogen) atoms. The molecule has 0 atom stereocenters. The first-order valence-electron chi connectivity index (χ1n) is 23.7. The van der Waals surface area contributed by atoms with Crippen LogP contribution in [0.3, 0.4) is 0 Å². The highest BCUT2D eigenvalue weighted by Gasteiger charge is 2.30. The molecule has 0 saturated carbocycles. The van der Waals surface area contributed by atoms with Crippen molar-refractivity contribution in [2.75, 3.05) is 0 Å². The van der Waals surface area contributed by atoms with E-state index >= 15 is 0 Å². The quantitative estimate of drug-likeness (QED) is 0.170. The van der Waals surface area contributed by atoms with E-state index in [0.29, 0.717) is 0 Å². The van der Waals surface area contributed by atoms with Crippen LogP contribution >= 0.6 is 0 Å². The monoisotopic (exact) mass is 858 g/mol. The topological polar surface area (TPSA) is 26.6 Å². The van der Waals surface area contributed by atoms with Crippen LogP contribution in [0.25, 0.3) is 136 Å². The van der Waals surface area contributed by atoms with Crippen molar-refractivity contribution in [2.24, 2.45) is 0 Å². The fourth-order valence-electron chi connectivity index (χ4n) is 12.2. The molecule has 0 saturated heterocycles. The van der Waals surface area contributed by atoms with E-state index in [-0.39, 0.29) is 10.8 Å². The zero-order valence-corrected chi connectivity index (χ0v) is 38.5. The molecule has 6 heterocycles. The maximum Gasteiger partial charge on any atom is 0.146 e. The van der Waals surface area contributed by atoms with Crippen LogP contribution in [0.5, 0.6) is 0 Å². The van der Waals surface area contributed by atoms with E-state index in [0.717, 1.165) is 11.2 Å². The summed E-state index contributed by atoms with van der Waals surface area (Å²) in [5.41, 5.74) is 15.7. The first kappa shape index (κ1) is 37.3. The van der Waals surface area contributed by atoms with Gasteiger partial charge < -0.3 is 8.97 Å². The van der Waals surface area contributed by atoms with Crippen LogP contribution in [-0.4, -0.2) is 18.4 Å². The summed E-state index contributed by atoms with van der Waals surface area (Å²) < 4.78 is 7.48. The average molecular weight is 859 g/mol. The molecule has 0 aliphatic heterocycles. The van der Waals surface area contributed by atoms with E-state index in [1.807, 2.05) is 0 Å². The standard InChI is InChI=1S/C63H46N4/c1-62(2,3)38-30-44(37-25-26-51-45(28-37)43-22-14-15-23-50(43)65(51)40-18-8-7-9-19-40)58-46(31-38)47-32-39(63(4,5)6)33-49-55-53(66(58)59(47)49)34-64-61-57(55)56-42-21-13-11-17-36(42)29-48-54-41-20-12-10-16-35(41)24-27-52(54)67(61)60(48)56/h7-34H,1-6H3. The van der Waals surface area contributed by atoms with E-state index in [4.69, 9.17) is 4.98 Å². The Morgan fingerprint density at radius 1 is 0.373 bits per heavy atom. The summed E-state index contributed by atoms with van der Waals surface area (Å²) in [6.07, 6.45) is 2.19. The summed E-state index contributed by atoms with van der Waals surface area (Å²) >= 11 is 0. The summed E-state index contributed by atoms with van der Waals surface area (Å²) in [4.78, 5) is 5.61. The molecule has 4 heteroatoms. The van der Waals surface area contributed by atoms with Gasteiger partial charge in [-0.2, -0.15) is 0 Å². The van der Waals surface area contributed by atoms with Crippen LogP contribution in [0.2, 0.25) is 0 Å². The largest absolute Gasteiger partial charge is 0.309 e. The van der Waals surface area contributed by atoms with Gasteiger partial charge in [0.15, 0.2) is 0 Å². The highest BCUT2D eigenvalue weighted by Crippen LogP contribution is 2.51. The number of pyridine rings is 1. The van der Waals surface area contributed by atoms with Crippen LogP contribution in [0.15, 0.2) is 170 Å². The fraction of sp³-hybridized carbons (Fsp3) is 0.127. The molecule has 15 aromatic rings. The van der Waals surface area contributed by atoms with E-state index < -0.39 is 0 Å². The van der Waals surface area contributed by atoms with Gasteiger partial charge in [-0.25, -0.2) is 4.98 Å². The Morgan fingerprint density at radius 3 is 1.76 bits per heavy atom. The van der Waals surface area contributed by atoms with Crippen LogP contribution in [-0.2, 0) is 10.8 Å². The van der Waals surface area contributed by atoms with Crippen molar-refractivity contribution < 1.29 is 0 Å². The number of hydrogen-bond acceptors (Lipinski definition) is 1. The van der Waals surface area contributed by atoms with Crippen LogP contribution in [0.4, 0.5) is 0 Å². The highest BCUT2D eigenvalue weighted by molar-refractivity contribution is 6.40. The molecule has 0 spiro atoms. The predicted octanol–water partition coefficient (Wildman–Crippen LogP) is 17.0. The first-order valence-corrected chi connectivity index (χ1v) is 23.7. The van der Waals surface area contributed by atoms with Gasteiger partial charge in [0, 0.05) is 65.1 Å². The third kappa shape index (κ3) is 4.74. The number of hydrogen-bond donors (Lipinski definition) is 0. The molecule has 0 N–H and O–H groups in total. The highest BCUT2D eigenvalue weighted by atomic mass is 15.0. The molecule has 0 aliphatic carbocycles. The molecule has 4 nitrogen and oxygen atoms in total. The van der Waals surface area contributed by atoms with Crippen molar-refractivity contribution in [3.63, 3.8) is 0 Å². The van der Waals surface area contributed by atoms with Gasteiger partial charge in [0.05, 0.1) is 44.8 Å². The van der Waals surface area contributed by atoms with Gasteiger partial charge in [-0.1, -0.05) is 139 Å². The van der Waals surface area contributed by atoms with Crippen LogP contribution in [0, 0.1) is 0 Å². The molecular weight excluding hydrogens is 813 g/mol. The number of aromatic nitrogens is 4. The second-order valence-corrected chi connectivity index (χ2v) is 21.2. The molecule has 9 aromatic carbocycles. The SMILES string of the molecule is CC(C)(C)c1cc(-c2ccc3c(c2)c2ccccc2n3-c2ccccc2)c2c(c1)c1cc(C(C)(C)C)cc3c4c5c6c7ccccc7cc7c8c9ccccc9ccc8n(c5ncc4n2c13)c76. The minimum Gasteiger partial charge on any atom is -0.309 e. The van der Waals surface area contributed by atoms with Crippen molar-refractivity contribution in [1.82, 2.24) is 18.4 Å². The Kier molecular flexibility index (Phi) is 6.94. The summed E-state index contributed by atoms with van der Waals surface area (Å²) in [5.74, 6) is 0. The molecule has 318 valence electrons. The van der Waals surface area contributed by atoms with Gasteiger partial charge in [-0.15, -0.1) is 0 Å². The van der Waals surface area contributed by atoms with Gasteiger partial charge in [0.1, 0.15) is 5.65 Å². The summed E-state index contributed by atoms with van der Waals surface area (Å²) in [6.45, 7) is 14.1. The number of fused-ring (bicyclic) bond motifs is 20. The number of benzene rings is 9. The molecule has 0 radical (unpaired) electrons. The van der Waals surface area contributed by atoms with Crippen molar-refractivity contribution in [3.8, 4) is 16.8 Å². The number of para-hydroxylation sites is 2. The maximum atomic E-state index is 5.61. The lowest BCUT2D eigenvalue weighted by molar-refractivity contribution is 0.591. The minimum atomic E-state index is -0.0875. The van der Waals surface area contributed by atoms with Gasteiger partial charge in [0.25, 0.3) is 0 Å². The average Bonchev–Trinajstić information content (AvgIpc) is 4.13. The molecule has 15 rings (SSSR count). The number of nitrogens with zero attached hydrogens (tertiary/aromatic N) is 4. The second-order valence-electron chi connectivity index (χ2n) is 21.2. The molecule has 0 fully saturated rings. The Balaban J connectivity index is 1.14. The zero-order chi connectivity index (χ0) is 44.8. The summed E-state index contributed by atoms with van der Waals surface area (Å²) in [5, 5.41) is 17.8. The number of rotatable bonds is 2. The van der Waals surface area contributed by atoms with Crippen LogP contribution < -0.4 is 0 Å². The van der Waals surface area contributed by atoms with Gasteiger partial charge >= 0.3 is 0 Å². The third-order valence-electron chi connectivity index (χ3n) is 15.4. The predicted molar refractivity (Wildman–Crippen MR) is 286 cm³/mol. The smallest absolute Gasteiger partial charge is 0.146 e. The molecule has 0 aliphatic rings. The van der Waals surface area contributed by atoms with Crippen molar-refractivity contribution >= 4 is 120 Å². The molecular formula is C63H46N4. The lowest BCUT2D eigenvalue weighted by atomic mass is 9.83. The Morgan fingerprint density at radius 2 is 0.985 bits per heavy atom. The maximum absolute atomic E-state index is 5.61. The zero-order valence-electron chi connectivity index (χ0n) is 38.5. The second kappa shape index (κ2) is 12.5. The van der Waals surface area contributed by atoms with Gasteiger partial charge in [0.2, 0.25) is 0 Å². The van der Waals surface area contributed by atoms with E-state index in [2.05, 4.69) is 225 Å². The Bertz CT molecular complexity index is 4620. The lowest BCUT2D eigenvalue weighted by Crippen LogP contribution is -2.11. The molecule has 0 bridgehead atoms.